The van der Waals surface area contributed by atoms with Crippen molar-refractivity contribution in [3.8, 4) is 11.4 Å². The molecule has 0 atom stereocenters. The van der Waals surface area contributed by atoms with Gasteiger partial charge in [-0.3, -0.25) is 0 Å². The molecule has 0 fully saturated rings. The van der Waals surface area contributed by atoms with E-state index in [2.05, 4.69) is 19.2 Å². The number of rotatable bonds is 6. The molecule has 0 saturated carbocycles. The minimum atomic E-state index is 0.714. The Balaban J connectivity index is 2.49. The molecule has 2 rings (SSSR count). The van der Waals surface area contributed by atoms with Crippen LogP contribution in [0.15, 0.2) is 24.3 Å². The molecule has 2 aromatic rings. The fourth-order valence-electron chi connectivity index (χ4n) is 2.46. The molecule has 1 heterocycles. The second kappa shape index (κ2) is 7.53. The van der Waals surface area contributed by atoms with Crippen molar-refractivity contribution in [3.05, 3.63) is 46.2 Å². The molecule has 1 aromatic carbocycles. The first kappa shape index (κ1) is 15.9. The highest BCUT2D eigenvalue weighted by Gasteiger charge is 2.13. The van der Waals surface area contributed by atoms with Gasteiger partial charge in [0.1, 0.15) is 0 Å². The van der Waals surface area contributed by atoms with E-state index in [0.29, 0.717) is 5.02 Å². The molecule has 1 aromatic heterocycles. The van der Waals surface area contributed by atoms with Crippen molar-refractivity contribution in [2.45, 2.75) is 33.1 Å². The van der Waals surface area contributed by atoms with E-state index in [1.165, 1.54) is 5.56 Å². The predicted octanol–water partition coefficient (Wildman–Crippen LogP) is 3.68. The van der Waals surface area contributed by atoms with Crippen LogP contribution in [0.5, 0.6) is 0 Å². The Morgan fingerprint density at radius 3 is 2.29 bits per heavy atom. The summed E-state index contributed by atoms with van der Waals surface area (Å²) < 4.78 is 0. The highest BCUT2D eigenvalue weighted by atomic mass is 35.5. The zero-order valence-electron chi connectivity index (χ0n) is 12.9. The average Bonchev–Trinajstić information content (AvgIpc) is 2.52. The molecule has 0 bridgehead atoms. The second-order valence-electron chi connectivity index (χ2n) is 4.99. The summed E-state index contributed by atoms with van der Waals surface area (Å²) in [7, 11) is 1.97. The molecule has 0 spiro atoms. The van der Waals surface area contributed by atoms with Crippen LogP contribution in [0.2, 0.25) is 5.02 Å². The molecule has 3 nitrogen and oxygen atoms in total. The van der Waals surface area contributed by atoms with Crippen molar-refractivity contribution in [1.29, 1.82) is 0 Å². The van der Waals surface area contributed by atoms with E-state index in [4.69, 9.17) is 21.6 Å². The molecule has 0 aliphatic carbocycles. The molecular formula is C17H22ClN3. The van der Waals surface area contributed by atoms with E-state index in [1.54, 1.807) is 0 Å². The molecular weight excluding hydrogens is 282 g/mol. The summed E-state index contributed by atoms with van der Waals surface area (Å²) in [6, 6.07) is 7.73. The van der Waals surface area contributed by atoms with E-state index in [-0.39, 0.29) is 0 Å². The number of nitrogens with one attached hydrogen (secondary N) is 1. The van der Waals surface area contributed by atoms with E-state index in [0.717, 1.165) is 48.6 Å². The van der Waals surface area contributed by atoms with Gasteiger partial charge in [0.2, 0.25) is 0 Å². The fraction of sp³-hybridized carbons (Fsp3) is 0.412. The number of aryl methyl sites for hydroxylation is 2. The molecule has 21 heavy (non-hydrogen) atoms. The summed E-state index contributed by atoms with van der Waals surface area (Å²) in [4.78, 5) is 9.53. The van der Waals surface area contributed by atoms with Gasteiger partial charge in [-0.25, -0.2) is 9.97 Å². The monoisotopic (exact) mass is 303 g/mol. The lowest BCUT2D eigenvalue weighted by Crippen LogP contribution is -2.15. The average molecular weight is 304 g/mol. The van der Waals surface area contributed by atoms with Crippen LogP contribution in [0, 0.1) is 0 Å². The molecule has 112 valence electrons. The van der Waals surface area contributed by atoms with Gasteiger partial charge in [0.05, 0.1) is 0 Å². The zero-order chi connectivity index (χ0) is 15.2. The maximum Gasteiger partial charge on any atom is 0.159 e. The van der Waals surface area contributed by atoms with Crippen molar-refractivity contribution in [2.75, 3.05) is 13.6 Å². The Morgan fingerprint density at radius 2 is 1.76 bits per heavy atom. The SMILES string of the molecule is CCc1nc(-c2cccc(Cl)c2)nc(CC)c1CCNC. The van der Waals surface area contributed by atoms with Crippen LogP contribution in [0.3, 0.4) is 0 Å². The van der Waals surface area contributed by atoms with Crippen LogP contribution in [-0.4, -0.2) is 23.6 Å². The van der Waals surface area contributed by atoms with Crippen molar-refractivity contribution >= 4 is 11.6 Å². The molecule has 0 amide bonds. The zero-order valence-corrected chi connectivity index (χ0v) is 13.7. The van der Waals surface area contributed by atoms with E-state index in [9.17, 15) is 0 Å². The third-order valence-corrected chi connectivity index (χ3v) is 3.79. The maximum atomic E-state index is 6.08. The second-order valence-corrected chi connectivity index (χ2v) is 5.43. The minimum absolute atomic E-state index is 0.714. The number of hydrogen-bond donors (Lipinski definition) is 1. The summed E-state index contributed by atoms with van der Waals surface area (Å²) in [6.45, 7) is 5.23. The summed E-state index contributed by atoms with van der Waals surface area (Å²) in [5.41, 5.74) is 4.56. The largest absolute Gasteiger partial charge is 0.319 e. The van der Waals surface area contributed by atoms with Crippen LogP contribution < -0.4 is 5.32 Å². The Hall–Kier alpha value is -1.45. The number of hydrogen-bond acceptors (Lipinski definition) is 3. The van der Waals surface area contributed by atoms with Gasteiger partial charge >= 0.3 is 0 Å². The number of nitrogens with zero attached hydrogens (tertiary/aromatic N) is 2. The predicted molar refractivity (Wildman–Crippen MR) is 88.9 cm³/mol. The van der Waals surface area contributed by atoms with Crippen LogP contribution in [0.1, 0.15) is 30.8 Å². The molecule has 4 heteroatoms. The first-order valence-corrected chi connectivity index (χ1v) is 7.86. The lowest BCUT2D eigenvalue weighted by Gasteiger charge is -2.14. The van der Waals surface area contributed by atoms with Crippen molar-refractivity contribution in [3.63, 3.8) is 0 Å². The molecule has 1 N–H and O–H groups in total. The summed E-state index contributed by atoms with van der Waals surface area (Å²) in [5.74, 6) is 0.777. The molecule has 0 aliphatic rings. The smallest absolute Gasteiger partial charge is 0.159 e. The van der Waals surface area contributed by atoms with Gasteiger partial charge < -0.3 is 5.32 Å². The van der Waals surface area contributed by atoms with Crippen molar-refractivity contribution < 1.29 is 0 Å². The molecule has 0 aliphatic heterocycles. The molecule has 0 radical (unpaired) electrons. The highest BCUT2D eigenvalue weighted by molar-refractivity contribution is 6.30. The summed E-state index contributed by atoms with van der Waals surface area (Å²) in [6.07, 6.45) is 2.81. The van der Waals surface area contributed by atoms with Crippen molar-refractivity contribution in [1.82, 2.24) is 15.3 Å². The first-order chi connectivity index (χ1) is 10.2. The third kappa shape index (κ3) is 3.80. The standard InChI is InChI=1S/C17H22ClN3/c1-4-15-14(9-10-19-3)16(5-2)21-17(20-15)12-7-6-8-13(18)11-12/h6-8,11,19H,4-5,9-10H2,1-3H3. The quantitative estimate of drug-likeness (QED) is 0.884. The lowest BCUT2D eigenvalue weighted by atomic mass is 10.0. The maximum absolute atomic E-state index is 6.08. The Kier molecular flexibility index (Phi) is 5.71. The van der Waals surface area contributed by atoms with Gasteiger partial charge in [0.25, 0.3) is 0 Å². The molecule has 0 saturated heterocycles. The number of aromatic nitrogens is 2. The Bertz CT molecular complexity index is 586. The number of benzene rings is 1. The Morgan fingerprint density at radius 1 is 1.10 bits per heavy atom. The molecule has 0 unspecified atom stereocenters. The highest BCUT2D eigenvalue weighted by Crippen LogP contribution is 2.23. The summed E-state index contributed by atoms with van der Waals surface area (Å²) in [5, 5.41) is 3.91. The first-order valence-electron chi connectivity index (χ1n) is 7.48. The van der Waals surface area contributed by atoms with Crippen LogP contribution >= 0.6 is 11.6 Å². The van der Waals surface area contributed by atoms with Crippen LogP contribution in [0.4, 0.5) is 0 Å². The Labute approximate surface area is 131 Å². The number of likely N-dealkylation sites (N-methyl/N-ethyl adjacent to an activating group) is 1. The van der Waals surface area contributed by atoms with Crippen LogP contribution in [-0.2, 0) is 19.3 Å². The summed E-state index contributed by atoms with van der Waals surface area (Å²) >= 11 is 6.08. The van der Waals surface area contributed by atoms with E-state index in [1.807, 2.05) is 31.3 Å². The van der Waals surface area contributed by atoms with E-state index < -0.39 is 0 Å². The minimum Gasteiger partial charge on any atom is -0.319 e. The van der Waals surface area contributed by atoms with Gasteiger partial charge in [-0.15, -0.1) is 0 Å². The lowest BCUT2D eigenvalue weighted by molar-refractivity contribution is 0.760. The third-order valence-electron chi connectivity index (χ3n) is 3.56. The van der Waals surface area contributed by atoms with Crippen LogP contribution in [0.25, 0.3) is 11.4 Å². The van der Waals surface area contributed by atoms with Gasteiger partial charge in [0.15, 0.2) is 5.82 Å². The topological polar surface area (TPSA) is 37.8 Å². The normalized spacial score (nSPS) is 10.9. The van der Waals surface area contributed by atoms with Gasteiger partial charge in [-0.2, -0.15) is 0 Å². The number of halogens is 1. The van der Waals surface area contributed by atoms with Gasteiger partial charge in [-0.05, 0) is 50.6 Å². The van der Waals surface area contributed by atoms with Gasteiger partial charge in [-0.1, -0.05) is 37.6 Å². The van der Waals surface area contributed by atoms with Crippen molar-refractivity contribution in [2.24, 2.45) is 0 Å². The van der Waals surface area contributed by atoms with E-state index >= 15 is 0 Å². The fourth-order valence-corrected chi connectivity index (χ4v) is 2.65. The van der Waals surface area contributed by atoms with Gasteiger partial charge in [0, 0.05) is 22.0 Å².